The van der Waals surface area contributed by atoms with Crippen LogP contribution in [0.15, 0.2) is 48.5 Å². The maximum absolute atomic E-state index is 12.6. The van der Waals surface area contributed by atoms with Gasteiger partial charge < -0.3 is 10.1 Å². The van der Waals surface area contributed by atoms with Crippen LogP contribution in [0.2, 0.25) is 0 Å². The first-order valence-electron chi connectivity index (χ1n) is 8.79. The third kappa shape index (κ3) is 4.11. The molecule has 0 bridgehead atoms. The molecule has 2 aromatic rings. The molecule has 1 aliphatic rings. The average Bonchev–Trinajstić information content (AvgIpc) is 3.02. The maximum Gasteiger partial charge on any atom is 0.238 e. The number of hydrogen-bond donors (Lipinski definition) is 1. The molecular formula is C21H24N2O3S. The van der Waals surface area contributed by atoms with Gasteiger partial charge in [0.1, 0.15) is 11.1 Å². The first kappa shape index (κ1) is 19.3. The van der Waals surface area contributed by atoms with Gasteiger partial charge in [0.2, 0.25) is 11.8 Å². The van der Waals surface area contributed by atoms with Gasteiger partial charge in [-0.25, -0.2) is 0 Å². The molecule has 6 heteroatoms. The minimum atomic E-state index is -0.475. The first-order valence-corrected chi connectivity index (χ1v) is 9.84. The number of para-hydroxylation sites is 2. The van der Waals surface area contributed by atoms with Crippen molar-refractivity contribution in [2.75, 3.05) is 23.1 Å². The summed E-state index contributed by atoms with van der Waals surface area (Å²) in [5.74, 6) is 1.06. The number of carbonyl (C=O) groups excluding carboxylic acids is 2. The van der Waals surface area contributed by atoms with E-state index >= 15 is 0 Å². The molecule has 0 saturated carbocycles. The van der Waals surface area contributed by atoms with Crippen LogP contribution in [0.4, 0.5) is 11.4 Å². The monoisotopic (exact) mass is 384 g/mol. The van der Waals surface area contributed by atoms with E-state index in [2.05, 4.69) is 5.32 Å². The number of benzene rings is 2. The summed E-state index contributed by atoms with van der Waals surface area (Å²) in [7, 11) is 1.60. The van der Waals surface area contributed by atoms with Gasteiger partial charge >= 0.3 is 0 Å². The molecule has 0 aliphatic carbocycles. The molecule has 27 heavy (non-hydrogen) atoms. The largest absolute Gasteiger partial charge is 0.495 e. The molecule has 1 saturated heterocycles. The van der Waals surface area contributed by atoms with Crippen LogP contribution in [0.1, 0.15) is 31.7 Å². The van der Waals surface area contributed by atoms with E-state index in [0.717, 1.165) is 16.9 Å². The van der Waals surface area contributed by atoms with Crippen LogP contribution in [0.25, 0.3) is 0 Å². The zero-order chi connectivity index (χ0) is 19.6. The van der Waals surface area contributed by atoms with Gasteiger partial charge in [0.05, 0.1) is 18.6 Å². The van der Waals surface area contributed by atoms with Gasteiger partial charge in [0.25, 0.3) is 0 Å². The molecule has 1 fully saturated rings. The number of nitrogens with zero attached hydrogens (tertiary/aromatic N) is 1. The van der Waals surface area contributed by atoms with E-state index in [4.69, 9.17) is 4.74 Å². The number of hydrogen-bond acceptors (Lipinski definition) is 4. The van der Waals surface area contributed by atoms with Gasteiger partial charge in [-0.05, 0) is 29.8 Å². The Labute approximate surface area is 164 Å². The normalized spacial score (nSPS) is 17.1. The number of methoxy groups -OCH3 is 1. The van der Waals surface area contributed by atoms with E-state index in [9.17, 15) is 9.59 Å². The molecule has 0 aromatic heterocycles. The van der Waals surface area contributed by atoms with Gasteiger partial charge in [0.15, 0.2) is 0 Å². The molecule has 142 valence electrons. The van der Waals surface area contributed by atoms with Crippen LogP contribution in [0, 0.1) is 5.41 Å². The highest BCUT2D eigenvalue weighted by molar-refractivity contribution is 8.00. The number of anilines is 2. The predicted octanol–water partition coefficient (Wildman–Crippen LogP) is 4.46. The minimum absolute atomic E-state index is 0.0404. The van der Waals surface area contributed by atoms with Crippen molar-refractivity contribution in [1.82, 2.24) is 0 Å². The fourth-order valence-corrected chi connectivity index (χ4v) is 4.01. The van der Waals surface area contributed by atoms with Crippen molar-refractivity contribution in [3.63, 3.8) is 0 Å². The van der Waals surface area contributed by atoms with Crippen LogP contribution in [-0.4, -0.2) is 24.7 Å². The van der Waals surface area contributed by atoms with Crippen LogP contribution >= 0.6 is 11.8 Å². The number of carbonyl (C=O) groups is 2. The van der Waals surface area contributed by atoms with E-state index in [1.165, 1.54) is 0 Å². The van der Waals surface area contributed by atoms with Crippen LogP contribution < -0.4 is 15.0 Å². The smallest absolute Gasteiger partial charge is 0.238 e. The van der Waals surface area contributed by atoms with Gasteiger partial charge in [-0.15, -0.1) is 11.8 Å². The Morgan fingerprint density at radius 3 is 2.63 bits per heavy atom. The molecule has 5 nitrogen and oxygen atoms in total. The summed E-state index contributed by atoms with van der Waals surface area (Å²) in [6.45, 7) is 5.63. The average molecular weight is 385 g/mol. The molecule has 0 spiro atoms. The van der Waals surface area contributed by atoms with Crippen molar-refractivity contribution < 1.29 is 14.3 Å². The van der Waals surface area contributed by atoms with E-state index in [0.29, 0.717) is 11.5 Å². The molecule has 2 amide bonds. The lowest BCUT2D eigenvalue weighted by molar-refractivity contribution is -0.123. The van der Waals surface area contributed by atoms with Crippen molar-refractivity contribution in [2.24, 2.45) is 5.41 Å². The highest BCUT2D eigenvalue weighted by Gasteiger charge is 2.35. The molecular weight excluding hydrogens is 360 g/mol. The van der Waals surface area contributed by atoms with E-state index in [-0.39, 0.29) is 17.2 Å². The summed E-state index contributed by atoms with van der Waals surface area (Å²) in [6, 6.07) is 15.2. The summed E-state index contributed by atoms with van der Waals surface area (Å²) in [6.07, 6.45) is 0. The van der Waals surface area contributed by atoms with E-state index < -0.39 is 5.41 Å². The highest BCUT2D eigenvalue weighted by atomic mass is 32.2. The lowest BCUT2D eigenvalue weighted by Gasteiger charge is -2.26. The van der Waals surface area contributed by atoms with Crippen molar-refractivity contribution >= 4 is 35.0 Å². The molecule has 3 rings (SSSR count). The van der Waals surface area contributed by atoms with Gasteiger partial charge in [0, 0.05) is 11.1 Å². The number of nitrogens with one attached hydrogen (secondary N) is 1. The fraction of sp³-hybridized carbons (Fsp3) is 0.333. The van der Waals surface area contributed by atoms with E-state index in [1.807, 2.05) is 69.3 Å². The third-order valence-electron chi connectivity index (χ3n) is 4.32. The topological polar surface area (TPSA) is 58.6 Å². The van der Waals surface area contributed by atoms with Gasteiger partial charge in [-0.3, -0.25) is 14.5 Å². The quantitative estimate of drug-likeness (QED) is 0.846. The Kier molecular flexibility index (Phi) is 5.46. The zero-order valence-corrected chi connectivity index (χ0v) is 16.8. The maximum atomic E-state index is 12.6. The van der Waals surface area contributed by atoms with E-state index in [1.54, 1.807) is 23.8 Å². The second-order valence-corrected chi connectivity index (χ2v) is 8.50. The summed E-state index contributed by atoms with van der Waals surface area (Å²) < 4.78 is 5.44. The van der Waals surface area contributed by atoms with Crippen LogP contribution in [0.3, 0.4) is 0 Å². The Bertz CT molecular complexity index is 861. The summed E-state index contributed by atoms with van der Waals surface area (Å²) >= 11 is 1.57. The number of amides is 2. The second-order valence-electron chi connectivity index (χ2n) is 7.43. The standard InChI is InChI=1S/C21H24N2O3S/c1-21(2,3)20(25)22-15-9-7-8-14(12-15)19-23(18(24)13-27-19)16-10-5-6-11-17(16)26-4/h5-12,19H,13H2,1-4H3,(H,22,25)/t19-/m0/s1. The summed E-state index contributed by atoms with van der Waals surface area (Å²) in [5, 5.41) is 2.79. The van der Waals surface area contributed by atoms with Crippen molar-refractivity contribution in [1.29, 1.82) is 0 Å². The van der Waals surface area contributed by atoms with Crippen LogP contribution in [-0.2, 0) is 9.59 Å². The molecule has 0 radical (unpaired) electrons. The fourth-order valence-electron chi connectivity index (χ4n) is 2.85. The minimum Gasteiger partial charge on any atom is -0.495 e. The van der Waals surface area contributed by atoms with Crippen molar-refractivity contribution in [3.8, 4) is 5.75 Å². The highest BCUT2D eigenvalue weighted by Crippen LogP contribution is 2.45. The zero-order valence-electron chi connectivity index (χ0n) is 16.0. The summed E-state index contributed by atoms with van der Waals surface area (Å²) in [4.78, 5) is 26.7. The number of rotatable bonds is 4. The van der Waals surface area contributed by atoms with Crippen LogP contribution in [0.5, 0.6) is 5.75 Å². The molecule has 1 N–H and O–H groups in total. The first-order chi connectivity index (χ1) is 12.8. The van der Waals surface area contributed by atoms with Crippen molar-refractivity contribution in [2.45, 2.75) is 26.1 Å². The molecule has 1 atom stereocenters. The third-order valence-corrected chi connectivity index (χ3v) is 5.54. The SMILES string of the molecule is COc1ccccc1N1C(=O)CS[C@H]1c1cccc(NC(=O)C(C)(C)C)c1. The number of ether oxygens (including phenoxy) is 1. The summed E-state index contributed by atoms with van der Waals surface area (Å²) in [5.41, 5.74) is 1.97. The Morgan fingerprint density at radius 2 is 1.93 bits per heavy atom. The lowest BCUT2D eigenvalue weighted by atomic mass is 9.95. The molecule has 0 unspecified atom stereocenters. The molecule has 2 aromatic carbocycles. The predicted molar refractivity (Wildman–Crippen MR) is 110 cm³/mol. The number of thioether (sulfide) groups is 1. The Morgan fingerprint density at radius 1 is 1.19 bits per heavy atom. The van der Waals surface area contributed by atoms with Gasteiger partial charge in [-0.2, -0.15) is 0 Å². The van der Waals surface area contributed by atoms with Crippen molar-refractivity contribution in [3.05, 3.63) is 54.1 Å². The molecule has 1 aliphatic heterocycles. The van der Waals surface area contributed by atoms with Gasteiger partial charge in [-0.1, -0.05) is 45.0 Å². The Hall–Kier alpha value is -2.47. The molecule has 1 heterocycles. The Balaban J connectivity index is 1.92. The second kappa shape index (κ2) is 7.64. The lowest BCUT2D eigenvalue weighted by Crippen LogP contribution is -2.29.